The van der Waals surface area contributed by atoms with Crippen LogP contribution < -0.4 is 15.6 Å². The quantitative estimate of drug-likeness (QED) is 0.0508. The number of hydrogen-bond acceptors (Lipinski definition) is 8. The number of para-hydroxylation sites is 1. The van der Waals surface area contributed by atoms with Crippen molar-refractivity contribution in [1.29, 1.82) is 0 Å². The molecule has 46 heavy (non-hydrogen) atoms. The average Bonchev–Trinajstić information content (AvgIpc) is 3.46. The smallest absolute Gasteiger partial charge is 0.268 e. The molecule has 2 aliphatic rings. The summed E-state index contributed by atoms with van der Waals surface area (Å²) in [5.74, 6) is 0.386. The predicted octanol–water partition coefficient (Wildman–Crippen LogP) is 4.81. The van der Waals surface area contributed by atoms with Gasteiger partial charge in [-0.2, -0.15) is 4.83 Å². The second-order valence-electron chi connectivity index (χ2n) is 10.9. The first kappa shape index (κ1) is 41.2. The topological polar surface area (TPSA) is 139 Å². The summed E-state index contributed by atoms with van der Waals surface area (Å²) in [6.07, 6.45) is 5.87. The molecule has 0 spiro atoms. The molecule has 0 bridgehead atoms. The molecule has 2 heterocycles. The maximum Gasteiger partial charge on any atom is 0.268 e. The Kier molecular flexibility index (Phi) is 21.0. The molecule has 1 fully saturated rings. The number of hydrogen-bond donors (Lipinski definition) is 5. The molecule has 11 nitrogen and oxygen atoms in total. The highest BCUT2D eigenvalue weighted by Gasteiger charge is 2.33. The van der Waals surface area contributed by atoms with E-state index in [0.29, 0.717) is 38.7 Å². The van der Waals surface area contributed by atoms with E-state index in [-0.39, 0.29) is 36.4 Å². The fourth-order valence-corrected chi connectivity index (χ4v) is 5.03. The first-order valence-corrected chi connectivity index (χ1v) is 17.0. The third kappa shape index (κ3) is 15.1. The van der Waals surface area contributed by atoms with E-state index in [0.717, 1.165) is 34.6 Å². The number of allylic oxidation sites excluding steroid dienone is 4. The number of aromatic amines is 1. The van der Waals surface area contributed by atoms with Crippen LogP contribution in [0.15, 0.2) is 53.0 Å². The number of amides is 3. The van der Waals surface area contributed by atoms with Crippen molar-refractivity contribution in [3.8, 4) is 0 Å². The van der Waals surface area contributed by atoms with Crippen molar-refractivity contribution in [1.82, 2.24) is 30.4 Å². The summed E-state index contributed by atoms with van der Waals surface area (Å²) in [6, 6.07) is 9.45. The molecule has 1 atom stereocenters. The zero-order valence-electron chi connectivity index (χ0n) is 28.3. The van der Waals surface area contributed by atoms with Crippen molar-refractivity contribution in [3.05, 3.63) is 58.7 Å². The monoisotopic (exact) mass is 680 g/mol. The van der Waals surface area contributed by atoms with Gasteiger partial charge in [-0.05, 0) is 56.3 Å². The maximum atomic E-state index is 12.1. The first-order chi connectivity index (χ1) is 22.1. The van der Waals surface area contributed by atoms with E-state index in [1.807, 2.05) is 45.0 Å². The van der Waals surface area contributed by atoms with Crippen LogP contribution in [0, 0.1) is 5.92 Å². The lowest BCUT2D eigenvalue weighted by molar-refractivity contribution is -0.140. The number of likely N-dealkylation sites (N-methyl/N-ethyl adjacent to an activating group) is 1. The van der Waals surface area contributed by atoms with Gasteiger partial charge in [-0.25, -0.2) is 5.43 Å². The molecular formula is C33H53ClN6O5S. The predicted molar refractivity (Wildman–Crippen MR) is 189 cm³/mol. The molecular weight excluding hydrogens is 628 g/mol. The number of fused-ring (bicyclic) bond motifs is 1. The molecule has 5 N–H and O–H groups in total. The van der Waals surface area contributed by atoms with E-state index in [1.165, 1.54) is 17.5 Å². The Balaban J connectivity index is 0.000000416. The van der Waals surface area contributed by atoms with Crippen molar-refractivity contribution in [2.24, 2.45) is 5.92 Å². The second-order valence-corrected chi connectivity index (χ2v) is 12.3. The number of benzene rings is 1. The number of nitrogens with zero attached hydrogens (tertiary/aromatic N) is 2. The van der Waals surface area contributed by atoms with Gasteiger partial charge in [0.1, 0.15) is 12.4 Å². The van der Waals surface area contributed by atoms with E-state index >= 15 is 0 Å². The Labute approximate surface area is 283 Å². The van der Waals surface area contributed by atoms with Crippen molar-refractivity contribution in [2.75, 3.05) is 46.1 Å². The van der Waals surface area contributed by atoms with Crippen LogP contribution in [0.5, 0.6) is 0 Å². The summed E-state index contributed by atoms with van der Waals surface area (Å²) in [5, 5.41) is 12.1. The van der Waals surface area contributed by atoms with Crippen molar-refractivity contribution in [2.45, 2.75) is 66.3 Å². The number of H-pyrrole nitrogens is 1. The number of likely N-dealkylation sites (tertiary alicyclic amines) is 1. The summed E-state index contributed by atoms with van der Waals surface area (Å²) in [7, 11) is 0. The van der Waals surface area contributed by atoms with Gasteiger partial charge in [0.25, 0.3) is 5.91 Å². The molecule has 0 saturated carbocycles. The molecule has 1 aromatic carbocycles. The standard InChI is InChI=1S/C17H20N4O3.C10H17ClN2O2S.C4H10.C2H6/c1-2-20(11-22)13-9-21(10-13)16(23)8-18-17(24)15-7-12-5-3-4-6-14(12)19-15;1-8-2-3-9(11)10(6-8)16-13-12-7-15-5-4-14;1-4(2)3;1-2/h3-7,11,13,19H,2,8-10H2,1H3,(H,18,24);2,6,9,12-14H,3-5,7H2,1H3;4H,1-3H3;1-2H3. The highest BCUT2D eigenvalue weighted by atomic mass is 35.5. The lowest BCUT2D eigenvalue weighted by atomic mass is 10.1. The number of nitrogens with one attached hydrogen (secondary N) is 4. The zero-order chi connectivity index (χ0) is 34.5. The average molecular weight is 681 g/mol. The van der Waals surface area contributed by atoms with Gasteiger partial charge in [-0.15, -0.1) is 11.6 Å². The van der Waals surface area contributed by atoms with Crippen LogP contribution in [0.4, 0.5) is 0 Å². The molecule has 1 aromatic heterocycles. The number of hydrazine groups is 1. The highest BCUT2D eigenvalue weighted by Crippen LogP contribution is 2.29. The van der Waals surface area contributed by atoms with Crippen LogP contribution in [0.1, 0.15) is 65.4 Å². The summed E-state index contributed by atoms with van der Waals surface area (Å²) in [4.78, 5) is 45.5. The largest absolute Gasteiger partial charge is 0.394 e. The van der Waals surface area contributed by atoms with Gasteiger partial charge in [0.2, 0.25) is 12.3 Å². The minimum Gasteiger partial charge on any atom is -0.394 e. The lowest BCUT2D eigenvalue weighted by Crippen LogP contribution is -2.62. The SMILES string of the molecule is CC.CC(C)C.CC1=CCC(Cl)C(SNNCOCCO)=C1.CCN(C=O)C1CN(C(=O)CNC(=O)c2cc3ccccc3[nH]2)C1. The molecule has 2 aromatic rings. The zero-order valence-corrected chi connectivity index (χ0v) is 29.8. The summed E-state index contributed by atoms with van der Waals surface area (Å²) in [5.41, 5.74) is 5.41. The van der Waals surface area contributed by atoms with Gasteiger partial charge >= 0.3 is 0 Å². The molecule has 0 radical (unpaired) electrons. The van der Waals surface area contributed by atoms with Crippen LogP contribution in [0.3, 0.4) is 0 Å². The fraction of sp³-hybridized carbons (Fsp3) is 0.545. The number of alkyl halides is 1. The van der Waals surface area contributed by atoms with Crippen LogP contribution in [0.25, 0.3) is 10.9 Å². The van der Waals surface area contributed by atoms with Crippen molar-refractivity contribution < 1.29 is 24.2 Å². The highest BCUT2D eigenvalue weighted by molar-refractivity contribution is 8.01. The number of aromatic nitrogens is 1. The summed E-state index contributed by atoms with van der Waals surface area (Å²) >= 11 is 7.60. The van der Waals surface area contributed by atoms with Gasteiger partial charge in [-0.1, -0.05) is 64.5 Å². The number of aliphatic hydroxyl groups excluding tert-OH is 1. The van der Waals surface area contributed by atoms with Crippen molar-refractivity contribution in [3.63, 3.8) is 0 Å². The van der Waals surface area contributed by atoms with E-state index in [9.17, 15) is 14.4 Å². The van der Waals surface area contributed by atoms with Crippen LogP contribution in [-0.2, 0) is 14.3 Å². The lowest BCUT2D eigenvalue weighted by Gasteiger charge is -2.43. The number of halogens is 1. The second kappa shape index (κ2) is 23.4. The Morgan fingerprint density at radius 2 is 1.91 bits per heavy atom. The van der Waals surface area contributed by atoms with Gasteiger partial charge in [0.15, 0.2) is 0 Å². The molecule has 258 valence electrons. The molecule has 1 aliphatic carbocycles. The van der Waals surface area contributed by atoms with Crippen LogP contribution >= 0.6 is 23.5 Å². The Morgan fingerprint density at radius 1 is 1.24 bits per heavy atom. The Bertz CT molecular complexity index is 1210. The fourth-order valence-electron chi connectivity index (χ4n) is 4.03. The molecule has 1 saturated heterocycles. The minimum absolute atomic E-state index is 0.0354. The van der Waals surface area contributed by atoms with Gasteiger partial charge < -0.3 is 29.9 Å². The minimum atomic E-state index is -0.306. The van der Waals surface area contributed by atoms with Crippen LogP contribution in [0.2, 0.25) is 0 Å². The molecule has 13 heteroatoms. The third-order valence-corrected chi connectivity index (χ3v) is 7.76. The van der Waals surface area contributed by atoms with Crippen molar-refractivity contribution >= 4 is 52.7 Å². The first-order valence-electron chi connectivity index (χ1n) is 15.8. The van der Waals surface area contributed by atoms with Gasteiger partial charge in [0.05, 0.1) is 31.2 Å². The van der Waals surface area contributed by atoms with E-state index < -0.39 is 0 Å². The number of ether oxygens (including phenoxy) is 1. The number of carbonyl (C=O) groups is 3. The number of carbonyl (C=O) groups excluding carboxylic acids is 3. The Morgan fingerprint density at radius 3 is 2.52 bits per heavy atom. The third-order valence-electron chi connectivity index (χ3n) is 6.34. The normalized spacial score (nSPS) is 15.5. The number of rotatable bonds is 13. The van der Waals surface area contributed by atoms with Crippen LogP contribution in [-0.4, -0.2) is 95.7 Å². The summed E-state index contributed by atoms with van der Waals surface area (Å²) in [6.45, 7) is 16.8. The van der Waals surface area contributed by atoms with E-state index in [2.05, 4.69) is 60.4 Å². The molecule has 1 unspecified atom stereocenters. The molecule has 3 amide bonds. The molecule has 1 aliphatic heterocycles. The number of aliphatic hydroxyl groups is 1. The van der Waals surface area contributed by atoms with Gasteiger partial charge in [-0.3, -0.25) is 14.4 Å². The maximum absolute atomic E-state index is 12.1. The Hall–Kier alpha value is -2.87. The molecule has 4 rings (SSSR count). The van der Waals surface area contributed by atoms with E-state index in [1.54, 1.807) is 15.9 Å². The van der Waals surface area contributed by atoms with Gasteiger partial charge in [0, 0.05) is 35.4 Å². The van der Waals surface area contributed by atoms with E-state index in [4.69, 9.17) is 21.4 Å². The summed E-state index contributed by atoms with van der Waals surface area (Å²) < 4.78 is 5.02.